The lowest BCUT2D eigenvalue weighted by Gasteiger charge is -2.33. The van der Waals surface area contributed by atoms with E-state index >= 15 is 0 Å². The first-order valence-corrected chi connectivity index (χ1v) is 13.8. The molecule has 0 fully saturated rings. The molecule has 0 heterocycles. The van der Waals surface area contributed by atoms with Crippen LogP contribution in [0.2, 0.25) is 5.02 Å². The number of carbonyl (C=O) groups is 2. The van der Waals surface area contributed by atoms with E-state index < -0.39 is 28.5 Å². The molecule has 3 rings (SSSR count). The molecule has 2 amide bonds. The van der Waals surface area contributed by atoms with E-state index in [1.807, 2.05) is 45.0 Å². The van der Waals surface area contributed by atoms with Crippen molar-refractivity contribution in [1.29, 1.82) is 0 Å². The van der Waals surface area contributed by atoms with Gasteiger partial charge >= 0.3 is 0 Å². The topological polar surface area (TPSA) is 86.8 Å². The Morgan fingerprint density at radius 3 is 2.19 bits per heavy atom. The van der Waals surface area contributed by atoms with Gasteiger partial charge in [0, 0.05) is 18.6 Å². The number of hydrogen-bond donors (Lipinski definition) is 1. The minimum Gasteiger partial charge on any atom is -0.357 e. The first kappa shape index (κ1) is 28.2. The highest BCUT2D eigenvalue weighted by molar-refractivity contribution is 7.92. The van der Waals surface area contributed by atoms with E-state index in [2.05, 4.69) is 5.32 Å². The lowest BCUT2D eigenvalue weighted by molar-refractivity contribution is -0.140. The fraction of sp³-hybridized carbons (Fsp3) is 0.286. The first-order chi connectivity index (χ1) is 17.6. The molecule has 1 atom stereocenters. The van der Waals surface area contributed by atoms with E-state index in [1.54, 1.807) is 30.3 Å². The van der Waals surface area contributed by atoms with Crippen molar-refractivity contribution < 1.29 is 18.0 Å². The van der Waals surface area contributed by atoms with Crippen molar-refractivity contribution in [1.82, 2.24) is 10.2 Å². The minimum atomic E-state index is -4.12. The number of hydrogen-bond acceptors (Lipinski definition) is 4. The minimum absolute atomic E-state index is 0.0444. The van der Waals surface area contributed by atoms with E-state index in [-0.39, 0.29) is 23.0 Å². The largest absolute Gasteiger partial charge is 0.357 e. The van der Waals surface area contributed by atoms with Crippen LogP contribution in [-0.2, 0) is 26.2 Å². The average molecular weight is 542 g/mol. The van der Waals surface area contributed by atoms with Crippen LogP contribution >= 0.6 is 11.6 Å². The molecule has 0 aliphatic carbocycles. The fourth-order valence-electron chi connectivity index (χ4n) is 3.96. The summed E-state index contributed by atoms with van der Waals surface area (Å²) in [4.78, 5) is 28.1. The van der Waals surface area contributed by atoms with Gasteiger partial charge in [-0.3, -0.25) is 13.9 Å². The summed E-state index contributed by atoms with van der Waals surface area (Å²) in [6, 6.07) is 19.6. The third-order valence-corrected chi connectivity index (χ3v) is 8.35. The van der Waals surface area contributed by atoms with E-state index in [4.69, 9.17) is 11.6 Å². The van der Waals surface area contributed by atoms with Gasteiger partial charge in [0.25, 0.3) is 10.0 Å². The van der Waals surface area contributed by atoms with Gasteiger partial charge < -0.3 is 10.2 Å². The lowest BCUT2D eigenvalue weighted by atomic mass is 10.1. The van der Waals surface area contributed by atoms with Crippen LogP contribution in [0.3, 0.4) is 0 Å². The smallest absolute Gasteiger partial charge is 0.264 e. The number of nitrogens with zero attached hydrogens (tertiary/aromatic N) is 2. The number of anilines is 1. The highest BCUT2D eigenvalue weighted by atomic mass is 35.5. The number of halogens is 1. The zero-order chi connectivity index (χ0) is 27.2. The SMILES string of the molecule is CCC(C(=O)NC)N(Cc1ccc(C)cc1)C(=O)CN(c1ccc(C)c(Cl)c1)S(=O)(=O)c1ccccc1. The maximum atomic E-state index is 13.9. The molecule has 37 heavy (non-hydrogen) atoms. The summed E-state index contributed by atoms with van der Waals surface area (Å²) in [6.45, 7) is 5.24. The standard InChI is InChI=1S/C28H32ClN3O4S/c1-5-26(28(34)30-4)31(18-22-14-11-20(2)12-15-22)27(33)19-32(23-16-13-21(3)25(29)17-23)37(35,36)24-9-7-6-8-10-24/h6-17,26H,5,18-19H2,1-4H3,(H,30,34). The maximum absolute atomic E-state index is 13.9. The van der Waals surface area contributed by atoms with Crippen LogP contribution in [0.15, 0.2) is 77.7 Å². The number of sulfonamides is 1. The van der Waals surface area contributed by atoms with E-state index in [0.717, 1.165) is 21.0 Å². The molecule has 7 nitrogen and oxygen atoms in total. The van der Waals surface area contributed by atoms with Gasteiger partial charge in [0.15, 0.2) is 0 Å². The predicted octanol–water partition coefficient (Wildman–Crippen LogP) is 4.71. The number of rotatable bonds is 10. The van der Waals surface area contributed by atoms with Crippen molar-refractivity contribution in [2.75, 3.05) is 17.9 Å². The molecule has 0 radical (unpaired) electrons. The van der Waals surface area contributed by atoms with Crippen LogP contribution < -0.4 is 9.62 Å². The third kappa shape index (κ3) is 6.70. The molecule has 196 valence electrons. The molecule has 0 aliphatic rings. The van der Waals surface area contributed by atoms with Gasteiger partial charge in [0.2, 0.25) is 11.8 Å². The molecule has 9 heteroatoms. The maximum Gasteiger partial charge on any atom is 0.264 e. The monoisotopic (exact) mass is 541 g/mol. The summed E-state index contributed by atoms with van der Waals surface area (Å²) in [5, 5.41) is 3.00. The van der Waals surface area contributed by atoms with Crippen LogP contribution in [-0.4, -0.2) is 44.8 Å². The number of carbonyl (C=O) groups excluding carboxylic acids is 2. The number of aryl methyl sites for hydroxylation is 2. The molecule has 0 bridgehead atoms. The van der Waals surface area contributed by atoms with Crippen LogP contribution in [0.25, 0.3) is 0 Å². The molecule has 0 saturated heterocycles. The Hall–Kier alpha value is -3.36. The number of benzene rings is 3. The van der Waals surface area contributed by atoms with Crippen molar-refractivity contribution in [2.45, 2.75) is 44.7 Å². The van der Waals surface area contributed by atoms with Crippen LogP contribution in [0.1, 0.15) is 30.0 Å². The van der Waals surface area contributed by atoms with Crippen molar-refractivity contribution in [2.24, 2.45) is 0 Å². The highest BCUT2D eigenvalue weighted by Crippen LogP contribution is 2.28. The molecule has 1 unspecified atom stereocenters. The molecule has 0 aliphatic heterocycles. The van der Waals surface area contributed by atoms with Crippen LogP contribution in [0, 0.1) is 13.8 Å². The summed E-state index contributed by atoms with van der Waals surface area (Å²) >= 11 is 6.34. The summed E-state index contributed by atoms with van der Waals surface area (Å²) in [5.41, 5.74) is 2.94. The van der Waals surface area contributed by atoms with Gasteiger partial charge in [-0.2, -0.15) is 0 Å². The molecule has 0 aromatic heterocycles. The van der Waals surface area contributed by atoms with Crippen molar-refractivity contribution in [3.63, 3.8) is 0 Å². The van der Waals surface area contributed by atoms with Gasteiger partial charge in [0.1, 0.15) is 12.6 Å². The lowest BCUT2D eigenvalue weighted by Crippen LogP contribution is -2.51. The Balaban J connectivity index is 2.06. The first-order valence-electron chi connectivity index (χ1n) is 12.0. The summed E-state index contributed by atoms with van der Waals surface area (Å²) in [7, 11) is -2.61. The Bertz CT molecular complexity index is 1350. The zero-order valence-electron chi connectivity index (χ0n) is 21.4. The van der Waals surface area contributed by atoms with Gasteiger partial charge in [-0.1, -0.05) is 72.6 Å². The fourth-order valence-corrected chi connectivity index (χ4v) is 5.56. The molecule has 3 aromatic carbocycles. The second-order valence-corrected chi connectivity index (χ2v) is 11.1. The number of amides is 2. The van der Waals surface area contributed by atoms with Gasteiger partial charge in [-0.25, -0.2) is 8.42 Å². The van der Waals surface area contributed by atoms with Gasteiger partial charge in [-0.15, -0.1) is 0 Å². The van der Waals surface area contributed by atoms with Crippen molar-refractivity contribution in [3.05, 3.63) is 94.5 Å². The Morgan fingerprint density at radius 2 is 1.62 bits per heavy atom. The van der Waals surface area contributed by atoms with Gasteiger partial charge in [0.05, 0.1) is 10.6 Å². The molecular formula is C28H32ClN3O4S. The average Bonchev–Trinajstić information content (AvgIpc) is 2.90. The normalized spacial score (nSPS) is 12.0. The second-order valence-electron chi connectivity index (χ2n) is 8.80. The van der Waals surface area contributed by atoms with Crippen molar-refractivity contribution in [3.8, 4) is 0 Å². The molecule has 0 spiro atoms. The van der Waals surface area contributed by atoms with E-state index in [0.29, 0.717) is 11.4 Å². The van der Waals surface area contributed by atoms with Crippen molar-refractivity contribution >= 4 is 39.1 Å². The predicted molar refractivity (Wildman–Crippen MR) is 147 cm³/mol. The molecule has 3 aromatic rings. The Labute approximate surface area is 224 Å². The molecular weight excluding hydrogens is 510 g/mol. The van der Waals surface area contributed by atoms with Crippen LogP contribution in [0.4, 0.5) is 5.69 Å². The van der Waals surface area contributed by atoms with E-state index in [1.165, 1.54) is 30.1 Å². The Kier molecular flexibility index (Phi) is 9.34. The third-order valence-electron chi connectivity index (χ3n) is 6.16. The summed E-state index contributed by atoms with van der Waals surface area (Å²) in [6.07, 6.45) is 0.360. The highest BCUT2D eigenvalue weighted by Gasteiger charge is 2.33. The van der Waals surface area contributed by atoms with Crippen LogP contribution in [0.5, 0.6) is 0 Å². The summed E-state index contributed by atoms with van der Waals surface area (Å²) in [5.74, 6) is -0.828. The molecule has 0 saturated carbocycles. The molecule has 1 N–H and O–H groups in total. The van der Waals surface area contributed by atoms with E-state index in [9.17, 15) is 18.0 Å². The number of likely N-dealkylation sites (N-methyl/N-ethyl adjacent to an activating group) is 1. The quantitative estimate of drug-likeness (QED) is 0.403. The Morgan fingerprint density at radius 1 is 0.973 bits per heavy atom. The van der Waals surface area contributed by atoms with Gasteiger partial charge in [-0.05, 0) is 55.7 Å². The summed E-state index contributed by atoms with van der Waals surface area (Å²) < 4.78 is 28.5. The zero-order valence-corrected chi connectivity index (χ0v) is 23.0. The second kappa shape index (κ2) is 12.3. The number of nitrogens with one attached hydrogen (secondary N) is 1.